The summed E-state index contributed by atoms with van der Waals surface area (Å²) in [7, 11) is 0. The SMILES string of the molecule is CC(CN1CCCC1=O)NC(=O)c1ccc(F)nc1. The zero-order valence-corrected chi connectivity index (χ0v) is 10.7. The van der Waals surface area contributed by atoms with Gasteiger partial charge in [0.15, 0.2) is 0 Å². The van der Waals surface area contributed by atoms with Gasteiger partial charge in [-0.2, -0.15) is 4.39 Å². The first-order chi connectivity index (χ1) is 9.06. The fourth-order valence-corrected chi connectivity index (χ4v) is 2.09. The molecule has 1 aromatic heterocycles. The highest BCUT2D eigenvalue weighted by Crippen LogP contribution is 2.10. The summed E-state index contributed by atoms with van der Waals surface area (Å²) >= 11 is 0. The molecule has 0 radical (unpaired) electrons. The summed E-state index contributed by atoms with van der Waals surface area (Å²) in [5.74, 6) is -0.802. The summed E-state index contributed by atoms with van der Waals surface area (Å²) in [5.41, 5.74) is 0.306. The summed E-state index contributed by atoms with van der Waals surface area (Å²) in [6, 6.07) is 2.37. The van der Waals surface area contributed by atoms with Gasteiger partial charge in [-0.3, -0.25) is 9.59 Å². The number of hydrogen-bond acceptors (Lipinski definition) is 3. The number of nitrogens with zero attached hydrogens (tertiary/aromatic N) is 2. The van der Waals surface area contributed by atoms with Gasteiger partial charge in [0, 0.05) is 31.7 Å². The van der Waals surface area contributed by atoms with Crippen molar-refractivity contribution in [3.05, 3.63) is 29.8 Å². The second kappa shape index (κ2) is 5.77. The number of halogens is 1. The zero-order chi connectivity index (χ0) is 13.8. The van der Waals surface area contributed by atoms with Gasteiger partial charge in [-0.15, -0.1) is 0 Å². The van der Waals surface area contributed by atoms with Gasteiger partial charge >= 0.3 is 0 Å². The highest BCUT2D eigenvalue weighted by Gasteiger charge is 2.22. The van der Waals surface area contributed by atoms with Gasteiger partial charge < -0.3 is 10.2 Å². The van der Waals surface area contributed by atoms with Crippen LogP contribution in [0.15, 0.2) is 18.3 Å². The van der Waals surface area contributed by atoms with Crippen molar-refractivity contribution in [1.82, 2.24) is 15.2 Å². The molecule has 102 valence electrons. The summed E-state index contributed by atoms with van der Waals surface area (Å²) in [5, 5.41) is 2.77. The summed E-state index contributed by atoms with van der Waals surface area (Å²) in [6.07, 6.45) is 2.66. The van der Waals surface area contributed by atoms with E-state index in [9.17, 15) is 14.0 Å². The molecule has 0 aromatic carbocycles. The van der Waals surface area contributed by atoms with Crippen LogP contribution < -0.4 is 5.32 Å². The van der Waals surface area contributed by atoms with E-state index in [1.54, 1.807) is 4.90 Å². The third-order valence-electron chi connectivity index (χ3n) is 3.03. The lowest BCUT2D eigenvalue weighted by Gasteiger charge is -2.21. The summed E-state index contributed by atoms with van der Waals surface area (Å²) in [6.45, 7) is 3.08. The molecule has 1 aliphatic rings. The van der Waals surface area contributed by atoms with Gasteiger partial charge in [0.2, 0.25) is 11.9 Å². The zero-order valence-electron chi connectivity index (χ0n) is 10.7. The first-order valence-electron chi connectivity index (χ1n) is 6.26. The lowest BCUT2D eigenvalue weighted by Crippen LogP contribution is -2.42. The maximum atomic E-state index is 12.6. The normalized spacial score (nSPS) is 16.5. The molecule has 19 heavy (non-hydrogen) atoms. The van der Waals surface area contributed by atoms with Crippen LogP contribution in [-0.4, -0.2) is 40.8 Å². The standard InChI is InChI=1S/C13H16FN3O2/c1-9(8-17-6-2-3-12(17)18)16-13(19)10-4-5-11(14)15-7-10/h4-5,7,9H,2-3,6,8H2,1H3,(H,16,19). The van der Waals surface area contributed by atoms with E-state index in [4.69, 9.17) is 0 Å². The highest BCUT2D eigenvalue weighted by molar-refractivity contribution is 5.94. The average Bonchev–Trinajstić information content (AvgIpc) is 2.75. The van der Waals surface area contributed by atoms with Crippen molar-refractivity contribution in [2.75, 3.05) is 13.1 Å². The Morgan fingerprint density at radius 2 is 2.37 bits per heavy atom. The molecule has 2 rings (SSSR count). The van der Waals surface area contributed by atoms with Crippen LogP contribution in [0.4, 0.5) is 4.39 Å². The lowest BCUT2D eigenvalue weighted by molar-refractivity contribution is -0.127. The van der Waals surface area contributed by atoms with Crippen molar-refractivity contribution in [2.24, 2.45) is 0 Å². The van der Waals surface area contributed by atoms with Crippen LogP contribution in [0.1, 0.15) is 30.1 Å². The molecular weight excluding hydrogens is 249 g/mol. The summed E-state index contributed by atoms with van der Waals surface area (Å²) < 4.78 is 12.6. The number of aromatic nitrogens is 1. The number of rotatable bonds is 4. The van der Waals surface area contributed by atoms with Crippen LogP contribution in [-0.2, 0) is 4.79 Å². The molecule has 2 amide bonds. The first kappa shape index (κ1) is 13.5. The van der Waals surface area contributed by atoms with Gasteiger partial charge in [0.25, 0.3) is 5.91 Å². The van der Waals surface area contributed by atoms with Gasteiger partial charge in [-0.1, -0.05) is 0 Å². The number of likely N-dealkylation sites (tertiary alicyclic amines) is 1. The Morgan fingerprint density at radius 3 is 2.95 bits per heavy atom. The fraction of sp³-hybridized carbons (Fsp3) is 0.462. The Bertz CT molecular complexity index is 475. The molecule has 6 heteroatoms. The third-order valence-corrected chi connectivity index (χ3v) is 3.03. The molecule has 1 aliphatic heterocycles. The van der Waals surface area contributed by atoms with Crippen molar-refractivity contribution in [2.45, 2.75) is 25.8 Å². The van der Waals surface area contributed by atoms with E-state index in [0.29, 0.717) is 18.5 Å². The largest absolute Gasteiger partial charge is 0.348 e. The Labute approximate surface area is 110 Å². The monoisotopic (exact) mass is 265 g/mol. The maximum absolute atomic E-state index is 12.6. The number of carbonyl (C=O) groups excluding carboxylic acids is 2. The molecular formula is C13H16FN3O2. The number of carbonyl (C=O) groups is 2. The van der Waals surface area contributed by atoms with Gasteiger partial charge in [-0.25, -0.2) is 4.98 Å². The fourth-order valence-electron chi connectivity index (χ4n) is 2.09. The molecule has 0 saturated carbocycles. The van der Waals surface area contributed by atoms with E-state index in [2.05, 4.69) is 10.3 Å². The topological polar surface area (TPSA) is 62.3 Å². The lowest BCUT2D eigenvalue weighted by atomic mass is 10.2. The second-order valence-corrected chi connectivity index (χ2v) is 4.69. The minimum absolute atomic E-state index is 0.129. The minimum atomic E-state index is -0.618. The molecule has 2 heterocycles. The maximum Gasteiger partial charge on any atom is 0.253 e. The van der Waals surface area contributed by atoms with Crippen molar-refractivity contribution in [3.63, 3.8) is 0 Å². The van der Waals surface area contributed by atoms with Crippen LogP contribution in [0.3, 0.4) is 0 Å². The molecule has 1 N–H and O–H groups in total. The Morgan fingerprint density at radius 1 is 1.58 bits per heavy atom. The van der Waals surface area contributed by atoms with E-state index in [1.807, 2.05) is 6.92 Å². The van der Waals surface area contributed by atoms with Crippen LogP contribution in [0, 0.1) is 5.95 Å². The highest BCUT2D eigenvalue weighted by atomic mass is 19.1. The molecule has 0 bridgehead atoms. The average molecular weight is 265 g/mol. The molecule has 1 aromatic rings. The van der Waals surface area contributed by atoms with Crippen molar-refractivity contribution < 1.29 is 14.0 Å². The second-order valence-electron chi connectivity index (χ2n) is 4.69. The number of pyridine rings is 1. The van der Waals surface area contributed by atoms with E-state index in [1.165, 1.54) is 12.3 Å². The molecule has 0 aliphatic carbocycles. The third kappa shape index (κ3) is 3.49. The van der Waals surface area contributed by atoms with Gasteiger partial charge in [0.05, 0.1) is 5.56 Å². The van der Waals surface area contributed by atoms with Gasteiger partial charge in [-0.05, 0) is 25.5 Å². The van der Waals surface area contributed by atoms with Crippen molar-refractivity contribution >= 4 is 11.8 Å². The molecule has 1 unspecified atom stereocenters. The summed E-state index contributed by atoms with van der Waals surface area (Å²) in [4.78, 5) is 28.5. The van der Waals surface area contributed by atoms with E-state index in [-0.39, 0.29) is 17.9 Å². The molecule has 0 spiro atoms. The first-order valence-corrected chi connectivity index (χ1v) is 6.26. The van der Waals surface area contributed by atoms with E-state index in [0.717, 1.165) is 19.0 Å². The molecule has 1 fully saturated rings. The number of hydrogen-bond donors (Lipinski definition) is 1. The minimum Gasteiger partial charge on any atom is -0.348 e. The number of amides is 2. The Balaban J connectivity index is 1.87. The quantitative estimate of drug-likeness (QED) is 0.825. The van der Waals surface area contributed by atoms with Gasteiger partial charge in [0.1, 0.15) is 0 Å². The van der Waals surface area contributed by atoms with E-state index >= 15 is 0 Å². The Kier molecular flexibility index (Phi) is 4.09. The smallest absolute Gasteiger partial charge is 0.253 e. The number of nitrogens with one attached hydrogen (secondary N) is 1. The molecule has 1 saturated heterocycles. The predicted molar refractivity (Wildman–Crippen MR) is 66.9 cm³/mol. The molecule has 5 nitrogen and oxygen atoms in total. The van der Waals surface area contributed by atoms with Crippen LogP contribution >= 0.6 is 0 Å². The van der Waals surface area contributed by atoms with Crippen molar-refractivity contribution in [3.8, 4) is 0 Å². The predicted octanol–water partition coefficient (Wildman–Crippen LogP) is 0.961. The Hall–Kier alpha value is -1.98. The molecule has 1 atom stereocenters. The van der Waals surface area contributed by atoms with Crippen LogP contribution in [0.25, 0.3) is 0 Å². The van der Waals surface area contributed by atoms with Crippen LogP contribution in [0.5, 0.6) is 0 Å². The van der Waals surface area contributed by atoms with E-state index < -0.39 is 5.95 Å². The van der Waals surface area contributed by atoms with Crippen LogP contribution in [0.2, 0.25) is 0 Å². The van der Waals surface area contributed by atoms with Crippen molar-refractivity contribution in [1.29, 1.82) is 0 Å².